The summed E-state index contributed by atoms with van der Waals surface area (Å²) in [5, 5.41) is -1.01. The summed E-state index contributed by atoms with van der Waals surface area (Å²) in [5.41, 5.74) is -0.628. The highest BCUT2D eigenvalue weighted by Gasteiger charge is 2.30. The van der Waals surface area contributed by atoms with Crippen molar-refractivity contribution in [1.82, 2.24) is 14.3 Å². The highest BCUT2D eigenvalue weighted by atomic mass is 79.9. The van der Waals surface area contributed by atoms with Crippen LogP contribution in [0.2, 0.25) is 10.4 Å². The van der Waals surface area contributed by atoms with E-state index in [2.05, 4.69) is 20.9 Å². The summed E-state index contributed by atoms with van der Waals surface area (Å²) in [7, 11) is -3.06. The summed E-state index contributed by atoms with van der Waals surface area (Å²) in [5.74, 6) is -1.04. The molecule has 2 rings (SSSR count). The van der Waals surface area contributed by atoms with Crippen LogP contribution in [0.15, 0.2) is 27.6 Å². The molecule has 1 amide bonds. The lowest BCUT2D eigenvalue weighted by molar-refractivity contribution is -0.136. The van der Waals surface area contributed by atoms with Gasteiger partial charge in [0, 0.05) is 17.1 Å². The first-order valence-electron chi connectivity index (χ1n) is 7.24. The molecule has 0 saturated carbocycles. The Morgan fingerprint density at radius 1 is 1.36 bits per heavy atom. The number of amides is 1. The van der Waals surface area contributed by atoms with Crippen LogP contribution in [0.3, 0.4) is 0 Å². The second-order valence-electron chi connectivity index (χ2n) is 5.27. The summed E-state index contributed by atoms with van der Waals surface area (Å²) >= 11 is 14.6. The molecule has 1 aromatic heterocycles. The second-order valence-corrected chi connectivity index (χ2v) is 8.47. The molecule has 0 unspecified atom stereocenters. The van der Waals surface area contributed by atoms with E-state index >= 15 is 0 Å². The van der Waals surface area contributed by atoms with E-state index in [1.165, 1.54) is 19.2 Å². The summed E-state index contributed by atoms with van der Waals surface area (Å²) in [6.07, 6.45) is -5.75. The van der Waals surface area contributed by atoms with Crippen molar-refractivity contribution < 1.29 is 31.1 Å². The van der Waals surface area contributed by atoms with Crippen LogP contribution in [0.4, 0.5) is 13.2 Å². The molecule has 0 saturated heterocycles. The Labute approximate surface area is 176 Å². The molecule has 1 N–H and O–H groups in total. The number of nitrogens with zero attached hydrogens (tertiary/aromatic N) is 2. The summed E-state index contributed by atoms with van der Waals surface area (Å²) in [4.78, 5) is 15.6. The van der Waals surface area contributed by atoms with E-state index in [1.54, 1.807) is 4.72 Å². The molecule has 2 aromatic rings. The number of nitrogens with one attached hydrogen (secondary N) is 1. The lowest BCUT2D eigenvalue weighted by Gasteiger charge is -2.10. The van der Waals surface area contributed by atoms with Crippen LogP contribution in [0, 0.1) is 0 Å². The van der Waals surface area contributed by atoms with Crippen LogP contribution in [-0.2, 0) is 16.6 Å². The van der Waals surface area contributed by atoms with Gasteiger partial charge in [-0.2, -0.15) is 13.2 Å². The molecule has 0 aliphatic heterocycles. The van der Waals surface area contributed by atoms with Gasteiger partial charge in [-0.25, -0.2) is 18.1 Å². The number of hydrogen-bond donors (Lipinski definition) is 1. The molecule has 7 nitrogen and oxygen atoms in total. The first-order valence-corrected chi connectivity index (χ1v) is 10.3. The summed E-state index contributed by atoms with van der Waals surface area (Å²) < 4.78 is 69.7. The van der Waals surface area contributed by atoms with Crippen LogP contribution < -0.4 is 9.46 Å². The molecular weight excluding hydrogens is 514 g/mol. The molecule has 14 heteroatoms. The van der Waals surface area contributed by atoms with E-state index in [4.69, 9.17) is 27.9 Å². The van der Waals surface area contributed by atoms with E-state index in [1.807, 2.05) is 0 Å². The Kier molecular flexibility index (Phi) is 6.90. The number of methoxy groups -OCH3 is 1. The lowest BCUT2D eigenvalue weighted by atomic mass is 10.3. The molecule has 0 aliphatic carbocycles. The van der Waals surface area contributed by atoms with Crippen LogP contribution in [-0.4, -0.2) is 37.2 Å². The minimum Gasteiger partial charge on any atom is -0.497 e. The number of alkyl halides is 3. The van der Waals surface area contributed by atoms with Crippen LogP contribution in [0.25, 0.3) is 0 Å². The largest absolute Gasteiger partial charge is 0.497 e. The average molecular weight is 525 g/mol. The van der Waals surface area contributed by atoms with Crippen LogP contribution in [0.5, 0.6) is 5.75 Å². The van der Waals surface area contributed by atoms with Gasteiger partial charge in [0.2, 0.25) is 5.28 Å². The maximum atomic E-state index is 12.5. The Balaban J connectivity index is 2.30. The minimum absolute atomic E-state index is 0.147. The summed E-state index contributed by atoms with van der Waals surface area (Å²) in [6.45, 7) is -0.685. The van der Waals surface area contributed by atoms with Gasteiger partial charge in [0.05, 0.1) is 13.5 Å². The van der Waals surface area contributed by atoms with Crippen molar-refractivity contribution in [2.24, 2.45) is 0 Å². The van der Waals surface area contributed by atoms with E-state index in [0.717, 1.165) is 10.6 Å². The number of sulfonamides is 1. The molecule has 28 heavy (non-hydrogen) atoms. The number of aromatic nitrogens is 2. The molecule has 0 spiro atoms. The minimum atomic E-state index is -4.48. The normalized spacial score (nSPS) is 12.1. The maximum absolute atomic E-state index is 12.5. The van der Waals surface area contributed by atoms with E-state index in [9.17, 15) is 26.4 Å². The van der Waals surface area contributed by atoms with E-state index in [0.29, 0.717) is 0 Å². The molecule has 1 aromatic carbocycles. The van der Waals surface area contributed by atoms with Gasteiger partial charge in [0.15, 0.2) is 5.69 Å². The zero-order chi connectivity index (χ0) is 21.3. The SMILES string of the molecule is COc1ccc(Br)c(S(=O)(=O)NC(=O)c2nc(Cl)n(CCC(F)(F)F)c2Cl)c1. The molecule has 0 fully saturated rings. The predicted molar refractivity (Wildman–Crippen MR) is 98.3 cm³/mol. The van der Waals surface area contributed by atoms with Crippen molar-refractivity contribution in [3.63, 3.8) is 0 Å². The van der Waals surface area contributed by atoms with Gasteiger partial charge in [-0.15, -0.1) is 0 Å². The molecule has 154 valence electrons. The van der Waals surface area contributed by atoms with Gasteiger partial charge in [-0.05, 0) is 39.7 Å². The zero-order valence-corrected chi connectivity index (χ0v) is 17.8. The number of halogens is 6. The first kappa shape index (κ1) is 22.8. The molecular formula is C14H11BrCl2F3N3O4S. The van der Waals surface area contributed by atoms with Crippen LogP contribution in [0.1, 0.15) is 16.9 Å². The van der Waals surface area contributed by atoms with Gasteiger partial charge in [0.1, 0.15) is 15.8 Å². The van der Waals surface area contributed by atoms with Crippen molar-refractivity contribution in [2.75, 3.05) is 7.11 Å². The lowest BCUT2D eigenvalue weighted by Crippen LogP contribution is -2.31. The predicted octanol–water partition coefficient (Wildman–Crippen LogP) is 4.03. The molecule has 0 atom stereocenters. The molecule has 0 bridgehead atoms. The van der Waals surface area contributed by atoms with Crippen molar-refractivity contribution in [2.45, 2.75) is 24.0 Å². The number of benzene rings is 1. The average Bonchev–Trinajstić information content (AvgIpc) is 2.86. The van der Waals surface area contributed by atoms with Crippen molar-refractivity contribution in [3.8, 4) is 5.75 Å². The topological polar surface area (TPSA) is 90.3 Å². The molecule has 0 aliphatic rings. The molecule has 1 heterocycles. The maximum Gasteiger partial charge on any atom is 0.390 e. The third-order valence-electron chi connectivity index (χ3n) is 3.35. The van der Waals surface area contributed by atoms with Crippen molar-refractivity contribution >= 4 is 55.1 Å². The number of imidazole rings is 1. The Hall–Kier alpha value is -1.50. The smallest absolute Gasteiger partial charge is 0.390 e. The van der Waals surface area contributed by atoms with Crippen LogP contribution >= 0.6 is 39.1 Å². The number of ether oxygens (including phenoxy) is 1. The van der Waals surface area contributed by atoms with Gasteiger partial charge < -0.3 is 9.30 Å². The number of carbonyl (C=O) groups excluding carboxylic acids is 1. The fraction of sp³-hybridized carbons (Fsp3) is 0.286. The zero-order valence-electron chi connectivity index (χ0n) is 13.8. The van der Waals surface area contributed by atoms with Gasteiger partial charge in [-0.1, -0.05) is 11.6 Å². The third kappa shape index (κ3) is 5.31. The van der Waals surface area contributed by atoms with Gasteiger partial charge in [-0.3, -0.25) is 4.79 Å². The van der Waals surface area contributed by atoms with Gasteiger partial charge >= 0.3 is 6.18 Å². The quantitative estimate of drug-likeness (QED) is 0.616. The standard InChI is InChI=1S/C14H11BrCl2F3N3O4S/c1-27-7-2-3-8(15)9(6-7)28(25,26)22-12(24)10-11(16)23(13(17)21-10)5-4-14(18,19)20/h2-3,6H,4-5H2,1H3,(H,22,24). The fourth-order valence-corrected chi connectivity index (χ4v) is 4.55. The first-order chi connectivity index (χ1) is 12.9. The highest BCUT2D eigenvalue weighted by Crippen LogP contribution is 2.28. The Morgan fingerprint density at radius 2 is 2.00 bits per heavy atom. The number of hydrogen-bond acceptors (Lipinski definition) is 5. The number of carbonyl (C=O) groups is 1. The molecule has 0 radical (unpaired) electrons. The Bertz CT molecular complexity index is 1010. The van der Waals surface area contributed by atoms with Crippen molar-refractivity contribution in [3.05, 3.63) is 38.8 Å². The van der Waals surface area contributed by atoms with E-state index < -0.39 is 51.2 Å². The second kappa shape index (κ2) is 8.47. The number of rotatable bonds is 6. The van der Waals surface area contributed by atoms with Crippen molar-refractivity contribution in [1.29, 1.82) is 0 Å². The summed E-state index contributed by atoms with van der Waals surface area (Å²) in [6, 6.07) is 4.05. The monoisotopic (exact) mass is 523 g/mol. The highest BCUT2D eigenvalue weighted by molar-refractivity contribution is 9.10. The fourth-order valence-electron chi connectivity index (χ4n) is 2.02. The Morgan fingerprint density at radius 3 is 2.57 bits per heavy atom. The van der Waals surface area contributed by atoms with Gasteiger partial charge in [0.25, 0.3) is 15.9 Å². The third-order valence-corrected chi connectivity index (χ3v) is 6.34. The van der Waals surface area contributed by atoms with E-state index in [-0.39, 0.29) is 15.1 Å².